The van der Waals surface area contributed by atoms with Crippen molar-refractivity contribution in [1.82, 2.24) is 0 Å². The zero-order valence-corrected chi connectivity index (χ0v) is 12.1. The van der Waals surface area contributed by atoms with E-state index in [1.165, 1.54) is 6.08 Å². The Labute approximate surface area is 124 Å². The van der Waals surface area contributed by atoms with Gasteiger partial charge in [0, 0.05) is 18.9 Å². The van der Waals surface area contributed by atoms with Gasteiger partial charge in [0.1, 0.15) is 6.10 Å². The van der Waals surface area contributed by atoms with Crippen LogP contribution in [0.3, 0.4) is 0 Å². The van der Waals surface area contributed by atoms with Crippen molar-refractivity contribution >= 4 is 12.0 Å². The molecule has 1 heterocycles. The van der Waals surface area contributed by atoms with Gasteiger partial charge in [-0.1, -0.05) is 6.07 Å². The van der Waals surface area contributed by atoms with Crippen LogP contribution in [0.1, 0.15) is 25.3 Å². The van der Waals surface area contributed by atoms with E-state index in [2.05, 4.69) is 0 Å². The Morgan fingerprint density at radius 1 is 1.38 bits per heavy atom. The van der Waals surface area contributed by atoms with Crippen LogP contribution in [0.4, 0.5) is 0 Å². The summed E-state index contributed by atoms with van der Waals surface area (Å²) in [6.07, 6.45) is 4.50. The molecule has 0 atom stereocenters. The number of carboxylic acids is 1. The Kier molecular flexibility index (Phi) is 5.63. The summed E-state index contributed by atoms with van der Waals surface area (Å²) in [7, 11) is 0. The van der Waals surface area contributed by atoms with Crippen LogP contribution in [-0.4, -0.2) is 37.0 Å². The van der Waals surface area contributed by atoms with E-state index in [1.807, 2.05) is 19.1 Å². The number of aliphatic carboxylic acids is 1. The maximum absolute atomic E-state index is 10.6. The molecule has 5 nitrogen and oxygen atoms in total. The lowest BCUT2D eigenvalue weighted by atomic mass is 10.1. The molecule has 0 saturated carbocycles. The molecular formula is C16H20O5. The van der Waals surface area contributed by atoms with E-state index in [1.54, 1.807) is 6.07 Å². The second-order valence-electron chi connectivity index (χ2n) is 4.74. The second kappa shape index (κ2) is 7.69. The van der Waals surface area contributed by atoms with E-state index in [9.17, 15) is 4.79 Å². The lowest BCUT2D eigenvalue weighted by Gasteiger charge is -2.24. The van der Waals surface area contributed by atoms with E-state index >= 15 is 0 Å². The Balaban J connectivity index is 2.13. The molecule has 1 saturated heterocycles. The number of carboxylic acid groups (broad SMARTS) is 1. The third-order valence-corrected chi connectivity index (χ3v) is 3.15. The maximum Gasteiger partial charge on any atom is 0.328 e. The van der Waals surface area contributed by atoms with Gasteiger partial charge < -0.3 is 19.3 Å². The van der Waals surface area contributed by atoms with E-state index in [0.29, 0.717) is 31.3 Å². The Hall–Kier alpha value is -2.01. The van der Waals surface area contributed by atoms with E-state index < -0.39 is 5.97 Å². The lowest BCUT2D eigenvalue weighted by molar-refractivity contribution is -0.131. The van der Waals surface area contributed by atoms with Gasteiger partial charge in [-0.05, 0) is 30.7 Å². The zero-order valence-electron chi connectivity index (χ0n) is 12.1. The molecule has 0 aliphatic carbocycles. The highest BCUT2D eigenvalue weighted by molar-refractivity contribution is 5.85. The quantitative estimate of drug-likeness (QED) is 0.817. The van der Waals surface area contributed by atoms with Crippen LogP contribution in [0.2, 0.25) is 0 Å². The van der Waals surface area contributed by atoms with E-state index in [-0.39, 0.29) is 6.10 Å². The van der Waals surface area contributed by atoms with Crippen LogP contribution in [0.5, 0.6) is 11.5 Å². The summed E-state index contributed by atoms with van der Waals surface area (Å²) in [5, 5.41) is 8.66. The molecule has 1 aromatic rings. The summed E-state index contributed by atoms with van der Waals surface area (Å²) in [5.41, 5.74) is 0.764. The van der Waals surface area contributed by atoms with Crippen LogP contribution >= 0.6 is 0 Å². The normalized spacial score (nSPS) is 16.0. The molecule has 0 spiro atoms. The molecule has 1 aromatic carbocycles. The summed E-state index contributed by atoms with van der Waals surface area (Å²) < 4.78 is 16.9. The summed E-state index contributed by atoms with van der Waals surface area (Å²) >= 11 is 0. The van der Waals surface area contributed by atoms with Gasteiger partial charge >= 0.3 is 5.97 Å². The minimum Gasteiger partial charge on any atom is -0.490 e. The maximum atomic E-state index is 10.6. The lowest BCUT2D eigenvalue weighted by Crippen LogP contribution is -2.26. The molecule has 1 fully saturated rings. The van der Waals surface area contributed by atoms with Crippen molar-refractivity contribution < 1.29 is 24.1 Å². The van der Waals surface area contributed by atoms with E-state index in [4.69, 9.17) is 19.3 Å². The molecule has 0 radical (unpaired) electrons. The largest absolute Gasteiger partial charge is 0.490 e. The first kappa shape index (κ1) is 15.4. The molecule has 0 aromatic heterocycles. The van der Waals surface area contributed by atoms with Crippen LogP contribution < -0.4 is 9.47 Å². The van der Waals surface area contributed by atoms with Crippen LogP contribution in [0.25, 0.3) is 6.08 Å². The molecule has 1 N–H and O–H groups in total. The molecule has 0 bridgehead atoms. The van der Waals surface area contributed by atoms with E-state index in [0.717, 1.165) is 24.5 Å². The average molecular weight is 292 g/mol. The molecule has 0 unspecified atom stereocenters. The summed E-state index contributed by atoms with van der Waals surface area (Å²) in [6.45, 7) is 3.86. The molecule has 5 heteroatoms. The monoisotopic (exact) mass is 292 g/mol. The molecular weight excluding hydrogens is 272 g/mol. The standard InChI is InChI=1S/C16H20O5/c1-2-20-15-11-12(4-6-16(17)18)3-5-14(15)21-13-7-9-19-10-8-13/h3-6,11,13H,2,7-10H2,1H3,(H,17,18). The van der Waals surface area contributed by atoms with Gasteiger partial charge in [0.15, 0.2) is 11.5 Å². The topological polar surface area (TPSA) is 65.0 Å². The molecule has 21 heavy (non-hydrogen) atoms. The number of hydrogen-bond acceptors (Lipinski definition) is 4. The molecule has 1 aliphatic rings. The highest BCUT2D eigenvalue weighted by Gasteiger charge is 2.17. The highest BCUT2D eigenvalue weighted by atomic mass is 16.5. The van der Waals surface area contributed by atoms with Gasteiger partial charge in [0.05, 0.1) is 19.8 Å². The van der Waals surface area contributed by atoms with Crippen molar-refractivity contribution in [2.75, 3.05) is 19.8 Å². The summed E-state index contributed by atoms with van der Waals surface area (Å²) in [4.78, 5) is 10.6. The number of hydrogen-bond donors (Lipinski definition) is 1. The number of benzene rings is 1. The average Bonchev–Trinajstić information content (AvgIpc) is 2.49. The minimum atomic E-state index is -0.976. The molecule has 1 aliphatic heterocycles. The fourth-order valence-electron chi connectivity index (χ4n) is 2.13. The Morgan fingerprint density at radius 2 is 2.14 bits per heavy atom. The van der Waals surface area contributed by atoms with Crippen molar-refractivity contribution in [3.8, 4) is 11.5 Å². The Bertz CT molecular complexity index is 503. The van der Waals surface area contributed by atoms with Gasteiger partial charge in [0.25, 0.3) is 0 Å². The zero-order chi connectivity index (χ0) is 15.1. The number of carbonyl (C=O) groups is 1. The molecule has 2 rings (SSSR count). The minimum absolute atomic E-state index is 0.137. The van der Waals surface area contributed by atoms with Crippen LogP contribution in [-0.2, 0) is 9.53 Å². The van der Waals surface area contributed by atoms with Crippen LogP contribution in [0.15, 0.2) is 24.3 Å². The SMILES string of the molecule is CCOc1cc(C=CC(=O)O)ccc1OC1CCOCC1. The molecule has 0 amide bonds. The Morgan fingerprint density at radius 3 is 2.81 bits per heavy atom. The van der Waals surface area contributed by atoms with Crippen molar-refractivity contribution in [3.05, 3.63) is 29.8 Å². The van der Waals surface area contributed by atoms with Crippen molar-refractivity contribution in [1.29, 1.82) is 0 Å². The smallest absolute Gasteiger partial charge is 0.328 e. The first-order valence-corrected chi connectivity index (χ1v) is 7.11. The highest BCUT2D eigenvalue weighted by Crippen LogP contribution is 2.31. The van der Waals surface area contributed by atoms with Crippen molar-refractivity contribution in [2.45, 2.75) is 25.9 Å². The fourth-order valence-corrected chi connectivity index (χ4v) is 2.13. The predicted octanol–water partition coefficient (Wildman–Crippen LogP) is 2.74. The van der Waals surface area contributed by atoms with Crippen molar-refractivity contribution in [2.24, 2.45) is 0 Å². The van der Waals surface area contributed by atoms with Crippen molar-refractivity contribution in [3.63, 3.8) is 0 Å². The van der Waals surface area contributed by atoms with Gasteiger partial charge in [-0.15, -0.1) is 0 Å². The van der Waals surface area contributed by atoms with Gasteiger partial charge in [-0.25, -0.2) is 4.79 Å². The fraction of sp³-hybridized carbons (Fsp3) is 0.438. The number of rotatable bonds is 6. The predicted molar refractivity (Wildman–Crippen MR) is 78.7 cm³/mol. The van der Waals surface area contributed by atoms with Gasteiger partial charge in [-0.2, -0.15) is 0 Å². The number of ether oxygens (including phenoxy) is 3. The summed E-state index contributed by atoms with van der Waals surface area (Å²) in [6, 6.07) is 5.43. The molecule has 114 valence electrons. The third-order valence-electron chi connectivity index (χ3n) is 3.15. The van der Waals surface area contributed by atoms with Gasteiger partial charge in [0.2, 0.25) is 0 Å². The third kappa shape index (κ3) is 4.79. The van der Waals surface area contributed by atoms with Gasteiger partial charge in [-0.3, -0.25) is 0 Å². The van der Waals surface area contributed by atoms with Crippen LogP contribution in [0, 0.1) is 0 Å². The first-order valence-electron chi connectivity index (χ1n) is 7.11. The second-order valence-corrected chi connectivity index (χ2v) is 4.74. The first-order chi connectivity index (χ1) is 10.2. The summed E-state index contributed by atoms with van der Waals surface area (Å²) in [5.74, 6) is 0.350.